The number of anilines is 1. The van der Waals surface area contributed by atoms with Crippen molar-refractivity contribution < 1.29 is 19.1 Å². The number of fused-ring (bicyclic) bond motifs is 2. The Kier molecular flexibility index (Phi) is 9.28. The summed E-state index contributed by atoms with van der Waals surface area (Å²) >= 11 is 0. The molecule has 0 unspecified atom stereocenters. The van der Waals surface area contributed by atoms with Crippen molar-refractivity contribution in [3.8, 4) is 11.5 Å². The fraction of sp³-hybridized carbons (Fsp3) is 0.629. The number of allylic oxidation sites excluding steroid dienone is 1. The number of likely N-dealkylation sites (tertiary alicyclic amines) is 2. The summed E-state index contributed by atoms with van der Waals surface area (Å²) in [5.74, 6) is 3.41. The highest BCUT2D eigenvalue weighted by molar-refractivity contribution is 6.90. The lowest BCUT2D eigenvalue weighted by Crippen LogP contribution is -2.55. The van der Waals surface area contributed by atoms with Gasteiger partial charge in [-0.25, -0.2) is 4.79 Å². The summed E-state index contributed by atoms with van der Waals surface area (Å²) in [7, 11) is -2.20. The fourth-order valence-corrected chi connectivity index (χ4v) is 13.3. The van der Waals surface area contributed by atoms with Gasteiger partial charge in [0.1, 0.15) is 31.2 Å². The highest BCUT2D eigenvalue weighted by Crippen LogP contribution is 2.51. The maximum absolute atomic E-state index is 14.8. The second kappa shape index (κ2) is 12.1. The average molecular weight is 606 g/mol. The van der Waals surface area contributed by atoms with E-state index in [0.29, 0.717) is 42.4 Å². The van der Waals surface area contributed by atoms with Gasteiger partial charge in [-0.15, -0.1) is 5.54 Å². The zero-order chi connectivity index (χ0) is 31.9. The molecule has 2 fully saturated rings. The molecular weight excluding hydrogens is 554 g/mol. The summed E-state index contributed by atoms with van der Waals surface area (Å²) < 4.78 is 5.71. The van der Waals surface area contributed by atoms with E-state index in [0.717, 1.165) is 11.3 Å². The third kappa shape index (κ3) is 5.66. The van der Waals surface area contributed by atoms with E-state index in [1.54, 1.807) is 4.90 Å². The van der Waals surface area contributed by atoms with Crippen LogP contribution < -0.4 is 5.32 Å². The van der Waals surface area contributed by atoms with Gasteiger partial charge in [-0.2, -0.15) is 0 Å². The highest BCUT2D eigenvalue weighted by Gasteiger charge is 2.62. The smallest absolute Gasteiger partial charge is 0.410 e. The second-order valence-corrected chi connectivity index (χ2v) is 20.0. The molecule has 1 N–H and O–H groups in total. The molecular formula is C35H51N3O4Si. The molecule has 1 spiro atoms. The molecule has 3 heterocycles. The van der Waals surface area contributed by atoms with E-state index in [-0.39, 0.29) is 17.9 Å². The van der Waals surface area contributed by atoms with Crippen molar-refractivity contribution in [2.24, 2.45) is 0 Å². The predicted octanol–water partition coefficient (Wildman–Crippen LogP) is 7.04. The first kappa shape index (κ1) is 32.9. The van der Waals surface area contributed by atoms with Crippen LogP contribution in [-0.4, -0.2) is 66.1 Å². The van der Waals surface area contributed by atoms with Crippen molar-refractivity contribution in [2.45, 2.75) is 134 Å². The van der Waals surface area contributed by atoms with Gasteiger partial charge in [-0.05, 0) is 75.2 Å². The number of rotatable bonds is 5. The number of carbonyl (C=O) groups is 3. The van der Waals surface area contributed by atoms with Crippen molar-refractivity contribution in [3.63, 3.8) is 0 Å². The third-order valence-corrected chi connectivity index (χ3v) is 16.1. The number of amides is 3. The minimum absolute atomic E-state index is 0.112. The normalized spacial score (nSPS) is 25.6. The van der Waals surface area contributed by atoms with Gasteiger partial charge in [0.05, 0.1) is 6.04 Å². The Morgan fingerprint density at radius 1 is 1.09 bits per heavy atom. The molecule has 4 atom stereocenters. The lowest BCUT2D eigenvalue weighted by molar-refractivity contribution is -0.137. The minimum atomic E-state index is -2.20. The van der Waals surface area contributed by atoms with Crippen LogP contribution in [0.2, 0.25) is 16.6 Å². The molecule has 3 aliphatic rings. The van der Waals surface area contributed by atoms with Gasteiger partial charge >= 0.3 is 6.09 Å². The van der Waals surface area contributed by atoms with Crippen LogP contribution >= 0.6 is 0 Å². The van der Waals surface area contributed by atoms with Gasteiger partial charge in [-0.3, -0.25) is 14.5 Å². The number of nitrogens with zero attached hydrogens (tertiary/aromatic N) is 2. The van der Waals surface area contributed by atoms with E-state index < -0.39 is 37.3 Å². The summed E-state index contributed by atoms with van der Waals surface area (Å²) in [6, 6.07) is 6.13. The zero-order valence-electron chi connectivity index (χ0n) is 27.8. The molecule has 8 heteroatoms. The number of para-hydroxylation sites is 1. The Hall–Kier alpha value is -3.05. The standard InChI is InChI=1S/C35H51N3O4Si/c1-11-15-26-22-35(27-16-12-13-17-28(27)36-32(35)40)30(19-21-43(23(2)3,24(4)5)25(6)7)38(26)31(39)29-18-14-20-37(29)33(41)42-34(8,9)10/h11-13,15-17,23-26,29-30H,14,18,20,22H2,1-10H3,(H,36,40)/b15-11+/t26-,29+,30-,35-/m1/s1. The first-order valence-corrected chi connectivity index (χ1v) is 18.2. The van der Waals surface area contributed by atoms with E-state index in [9.17, 15) is 14.4 Å². The molecule has 2 saturated heterocycles. The quantitative estimate of drug-likeness (QED) is 0.222. The number of nitrogens with one attached hydrogen (secondary N) is 1. The first-order valence-electron chi connectivity index (χ1n) is 16.0. The molecule has 234 valence electrons. The number of hydrogen-bond donors (Lipinski definition) is 1. The maximum Gasteiger partial charge on any atom is 0.410 e. The summed E-state index contributed by atoms with van der Waals surface area (Å²) in [5, 5.41) is 3.13. The third-order valence-electron chi connectivity index (χ3n) is 9.82. The molecule has 0 bridgehead atoms. The van der Waals surface area contributed by atoms with Gasteiger partial charge in [0.2, 0.25) is 11.8 Å². The summed E-state index contributed by atoms with van der Waals surface area (Å²) in [4.78, 5) is 45.6. The Morgan fingerprint density at radius 2 is 1.72 bits per heavy atom. The summed E-state index contributed by atoms with van der Waals surface area (Å²) in [6.45, 7) is 21.5. The Bertz CT molecular complexity index is 1310. The highest BCUT2D eigenvalue weighted by atomic mass is 28.3. The van der Waals surface area contributed by atoms with Gasteiger partial charge in [-0.1, -0.05) is 77.8 Å². The van der Waals surface area contributed by atoms with Crippen LogP contribution in [0, 0.1) is 11.5 Å². The number of carbonyl (C=O) groups excluding carboxylic acids is 3. The lowest BCUT2D eigenvalue weighted by Gasteiger charge is -2.39. The van der Waals surface area contributed by atoms with Gasteiger partial charge in [0, 0.05) is 12.2 Å². The van der Waals surface area contributed by atoms with Crippen molar-refractivity contribution >= 4 is 31.7 Å². The predicted molar refractivity (Wildman–Crippen MR) is 175 cm³/mol. The molecule has 1 aromatic carbocycles. The van der Waals surface area contributed by atoms with Crippen LogP contribution in [-0.2, 0) is 19.7 Å². The van der Waals surface area contributed by atoms with Crippen molar-refractivity contribution in [1.82, 2.24) is 9.80 Å². The van der Waals surface area contributed by atoms with E-state index in [4.69, 9.17) is 4.74 Å². The van der Waals surface area contributed by atoms with Crippen LogP contribution in [0.4, 0.5) is 10.5 Å². The van der Waals surface area contributed by atoms with Gasteiger partial charge < -0.3 is 15.0 Å². The molecule has 0 aromatic heterocycles. The van der Waals surface area contributed by atoms with Crippen molar-refractivity contribution in [1.29, 1.82) is 0 Å². The largest absolute Gasteiger partial charge is 0.444 e. The molecule has 4 rings (SSSR count). The molecule has 0 saturated carbocycles. The molecule has 3 aliphatic heterocycles. The van der Waals surface area contributed by atoms with Crippen LogP contribution in [0.5, 0.6) is 0 Å². The zero-order valence-corrected chi connectivity index (χ0v) is 28.8. The number of hydrogen-bond acceptors (Lipinski definition) is 4. The fourth-order valence-electron chi connectivity index (χ4n) is 8.01. The van der Waals surface area contributed by atoms with Gasteiger partial charge in [0.25, 0.3) is 0 Å². The molecule has 3 amide bonds. The average Bonchev–Trinajstić information content (AvgIpc) is 3.59. The molecule has 7 nitrogen and oxygen atoms in total. The summed E-state index contributed by atoms with van der Waals surface area (Å²) in [6.07, 6.45) is 5.19. The maximum atomic E-state index is 14.8. The van der Waals surface area contributed by atoms with Crippen LogP contribution in [0.3, 0.4) is 0 Å². The van der Waals surface area contributed by atoms with Crippen LogP contribution in [0.25, 0.3) is 0 Å². The van der Waals surface area contributed by atoms with E-state index in [1.807, 2.05) is 69.0 Å². The molecule has 0 radical (unpaired) electrons. The summed E-state index contributed by atoms with van der Waals surface area (Å²) in [5.41, 5.74) is 5.05. The van der Waals surface area contributed by atoms with Crippen LogP contribution in [0.15, 0.2) is 36.4 Å². The minimum Gasteiger partial charge on any atom is -0.444 e. The topological polar surface area (TPSA) is 79.0 Å². The SMILES string of the molecule is C/C=C/[C@@H]1C[C@]2(C(=O)Nc3ccccc32)[C@@H](C#C[Si](C(C)C)(C(C)C)C(C)C)N1C(=O)[C@@H]1CCCN1C(=O)OC(C)(C)C. The van der Waals surface area contributed by atoms with Crippen LogP contribution in [0.1, 0.15) is 94.1 Å². The van der Waals surface area contributed by atoms with Crippen molar-refractivity contribution in [2.75, 3.05) is 11.9 Å². The Balaban J connectivity index is 1.91. The molecule has 1 aromatic rings. The number of ether oxygens (including phenoxy) is 1. The molecule has 43 heavy (non-hydrogen) atoms. The monoisotopic (exact) mass is 605 g/mol. The van der Waals surface area contributed by atoms with E-state index >= 15 is 0 Å². The second-order valence-electron chi connectivity index (χ2n) is 14.4. The number of benzene rings is 1. The lowest BCUT2D eigenvalue weighted by atomic mass is 9.74. The van der Waals surface area contributed by atoms with Gasteiger partial charge in [0.15, 0.2) is 0 Å². The Labute approximate surface area is 259 Å². The molecule has 0 aliphatic carbocycles. The Morgan fingerprint density at radius 3 is 2.30 bits per heavy atom. The van der Waals surface area contributed by atoms with E-state index in [2.05, 4.69) is 58.3 Å². The first-order chi connectivity index (χ1) is 20.1. The van der Waals surface area contributed by atoms with Crippen molar-refractivity contribution in [3.05, 3.63) is 42.0 Å². The van der Waals surface area contributed by atoms with E-state index in [1.165, 1.54) is 0 Å².